The molecule has 0 amide bonds. The van der Waals surface area contributed by atoms with E-state index in [-0.39, 0.29) is 0 Å². The van der Waals surface area contributed by atoms with Crippen molar-refractivity contribution >= 4 is 5.69 Å². The van der Waals surface area contributed by atoms with E-state index >= 15 is 0 Å². The fourth-order valence-corrected chi connectivity index (χ4v) is 3.02. The highest BCUT2D eigenvalue weighted by molar-refractivity contribution is 5.46. The minimum atomic E-state index is 0.429. The second-order valence-corrected chi connectivity index (χ2v) is 5.88. The van der Waals surface area contributed by atoms with Crippen molar-refractivity contribution in [3.63, 3.8) is 0 Å². The lowest BCUT2D eigenvalue weighted by molar-refractivity contribution is -0.914. The zero-order chi connectivity index (χ0) is 14.7. The second-order valence-electron chi connectivity index (χ2n) is 5.88. The summed E-state index contributed by atoms with van der Waals surface area (Å²) in [5.74, 6) is 0.429. The van der Waals surface area contributed by atoms with Crippen molar-refractivity contribution in [1.82, 2.24) is 0 Å². The number of anilines is 1. The summed E-state index contributed by atoms with van der Waals surface area (Å²) in [5.41, 5.74) is 3.60. The van der Waals surface area contributed by atoms with Gasteiger partial charge in [0, 0.05) is 11.3 Å². The minimum Gasteiger partial charge on any atom is -0.507 e. The van der Waals surface area contributed by atoms with Crippen molar-refractivity contribution in [1.29, 1.82) is 0 Å². The third kappa shape index (κ3) is 3.37. The number of aromatic hydroxyl groups is 1. The fourth-order valence-electron chi connectivity index (χ4n) is 3.02. The zero-order valence-electron chi connectivity index (χ0n) is 12.5. The summed E-state index contributed by atoms with van der Waals surface area (Å²) in [6.45, 7) is 7.37. The Balaban J connectivity index is 1.60. The standard InChI is InChI=1S/C18H22N2O/c1-15-7-8-18(21)16(13-15)14-19-9-11-20(12-10-19)17-5-3-2-4-6-17/h2-8,13,21H,9-12,14H2,1H3/p+1. The Morgan fingerprint density at radius 2 is 1.76 bits per heavy atom. The van der Waals surface area contributed by atoms with Crippen LogP contribution in [0.2, 0.25) is 0 Å². The maximum Gasteiger partial charge on any atom is 0.124 e. The van der Waals surface area contributed by atoms with E-state index in [2.05, 4.69) is 48.2 Å². The number of nitrogens with one attached hydrogen (secondary N) is 1. The first-order valence-corrected chi connectivity index (χ1v) is 7.64. The van der Waals surface area contributed by atoms with E-state index in [4.69, 9.17) is 0 Å². The van der Waals surface area contributed by atoms with Crippen molar-refractivity contribution in [2.45, 2.75) is 13.5 Å². The van der Waals surface area contributed by atoms with Gasteiger partial charge in [0.1, 0.15) is 12.3 Å². The van der Waals surface area contributed by atoms with Crippen LogP contribution in [0.4, 0.5) is 5.69 Å². The van der Waals surface area contributed by atoms with Gasteiger partial charge in [-0.25, -0.2) is 0 Å². The quantitative estimate of drug-likeness (QED) is 0.895. The summed E-state index contributed by atoms with van der Waals surface area (Å²) in [4.78, 5) is 3.99. The first kappa shape index (κ1) is 14.0. The summed E-state index contributed by atoms with van der Waals surface area (Å²) >= 11 is 0. The smallest absolute Gasteiger partial charge is 0.124 e. The third-order valence-electron chi connectivity index (χ3n) is 4.27. The number of phenols is 1. The third-order valence-corrected chi connectivity index (χ3v) is 4.27. The van der Waals surface area contributed by atoms with Crippen LogP contribution in [-0.2, 0) is 6.54 Å². The van der Waals surface area contributed by atoms with Gasteiger partial charge in [-0.15, -0.1) is 0 Å². The van der Waals surface area contributed by atoms with Crippen molar-refractivity contribution in [3.05, 3.63) is 59.7 Å². The zero-order valence-corrected chi connectivity index (χ0v) is 12.5. The number of aryl methyl sites for hydroxylation is 1. The number of piperazine rings is 1. The summed E-state index contributed by atoms with van der Waals surface area (Å²) in [7, 11) is 0. The molecule has 0 unspecified atom stereocenters. The minimum absolute atomic E-state index is 0.429. The average Bonchev–Trinajstić information content (AvgIpc) is 2.53. The topological polar surface area (TPSA) is 27.9 Å². The Bertz CT molecular complexity index is 589. The van der Waals surface area contributed by atoms with Gasteiger partial charge in [-0.05, 0) is 31.2 Å². The highest BCUT2D eigenvalue weighted by Crippen LogP contribution is 2.17. The predicted octanol–water partition coefficient (Wildman–Crippen LogP) is 1.61. The van der Waals surface area contributed by atoms with E-state index in [1.54, 1.807) is 4.90 Å². The lowest BCUT2D eigenvalue weighted by atomic mass is 10.1. The molecule has 0 aliphatic carbocycles. The molecule has 3 heteroatoms. The fraction of sp³-hybridized carbons (Fsp3) is 0.333. The summed E-state index contributed by atoms with van der Waals surface area (Å²) in [6, 6.07) is 16.5. The van der Waals surface area contributed by atoms with E-state index < -0.39 is 0 Å². The summed E-state index contributed by atoms with van der Waals surface area (Å²) < 4.78 is 0. The molecule has 110 valence electrons. The van der Waals surface area contributed by atoms with Crippen LogP contribution in [0.5, 0.6) is 5.75 Å². The number of nitrogens with zero attached hydrogens (tertiary/aromatic N) is 1. The maximum absolute atomic E-state index is 9.97. The Morgan fingerprint density at radius 1 is 1.05 bits per heavy atom. The number of para-hydroxylation sites is 1. The highest BCUT2D eigenvalue weighted by atomic mass is 16.3. The molecule has 1 fully saturated rings. The van der Waals surface area contributed by atoms with Crippen LogP contribution in [0.1, 0.15) is 11.1 Å². The Morgan fingerprint density at radius 3 is 2.48 bits per heavy atom. The molecule has 0 radical (unpaired) electrons. The summed E-state index contributed by atoms with van der Waals surface area (Å²) in [6.07, 6.45) is 0. The van der Waals surface area contributed by atoms with Crippen LogP contribution >= 0.6 is 0 Å². The molecule has 1 aliphatic rings. The monoisotopic (exact) mass is 283 g/mol. The highest BCUT2D eigenvalue weighted by Gasteiger charge is 2.21. The number of rotatable bonds is 3. The molecule has 3 rings (SSSR count). The lowest BCUT2D eigenvalue weighted by Crippen LogP contribution is -3.13. The van der Waals surface area contributed by atoms with Crippen LogP contribution in [0, 0.1) is 6.92 Å². The van der Waals surface area contributed by atoms with Gasteiger partial charge in [0.2, 0.25) is 0 Å². The first-order valence-electron chi connectivity index (χ1n) is 7.64. The van der Waals surface area contributed by atoms with E-state index in [9.17, 15) is 5.11 Å². The molecule has 0 bridgehead atoms. The van der Waals surface area contributed by atoms with Gasteiger partial charge >= 0.3 is 0 Å². The molecule has 3 nitrogen and oxygen atoms in total. The molecule has 2 aromatic carbocycles. The molecule has 21 heavy (non-hydrogen) atoms. The van der Waals surface area contributed by atoms with Crippen molar-refractivity contribution in [2.75, 3.05) is 31.1 Å². The van der Waals surface area contributed by atoms with E-state index in [0.717, 1.165) is 38.3 Å². The van der Waals surface area contributed by atoms with Crippen LogP contribution in [0.3, 0.4) is 0 Å². The molecule has 0 atom stereocenters. The average molecular weight is 283 g/mol. The number of hydrogen-bond donors (Lipinski definition) is 2. The predicted molar refractivity (Wildman–Crippen MR) is 85.9 cm³/mol. The SMILES string of the molecule is Cc1ccc(O)c(C[NH+]2CCN(c3ccccc3)CC2)c1. The molecular weight excluding hydrogens is 260 g/mol. The van der Waals surface area contributed by atoms with E-state index in [1.807, 2.05) is 12.1 Å². The van der Waals surface area contributed by atoms with Gasteiger partial charge in [0.15, 0.2) is 0 Å². The normalized spacial score (nSPS) is 16.1. The van der Waals surface area contributed by atoms with E-state index in [0.29, 0.717) is 5.75 Å². The molecule has 2 N–H and O–H groups in total. The van der Waals surface area contributed by atoms with Crippen molar-refractivity contribution in [2.24, 2.45) is 0 Å². The number of benzene rings is 2. The largest absolute Gasteiger partial charge is 0.507 e. The Labute approximate surface area is 126 Å². The number of phenolic OH excluding ortho intramolecular Hbond substituents is 1. The second kappa shape index (κ2) is 6.19. The molecule has 1 saturated heterocycles. The maximum atomic E-state index is 9.97. The van der Waals surface area contributed by atoms with Gasteiger partial charge < -0.3 is 14.9 Å². The first-order chi connectivity index (χ1) is 10.2. The van der Waals surface area contributed by atoms with Gasteiger partial charge in [-0.3, -0.25) is 0 Å². The molecule has 0 spiro atoms. The van der Waals surface area contributed by atoms with Gasteiger partial charge in [-0.1, -0.05) is 29.8 Å². The molecule has 2 aromatic rings. The molecule has 0 aromatic heterocycles. The van der Waals surface area contributed by atoms with Gasteiger partial charge in [0.05, 0.1) is 26.2 Å². The number of hydrogen-bond acceptors (Lipinski definition) is 2. The van der Waals surface area contributed by atoms with E-state index in [1.165, 1.54) is 11.3 Å². The molecule has 1 heterocycles. The van der Waals surface area contributed by atoms with Crippen LogP contribution in [0.25, 0.3) is 0 Å². The van der Waals surface area contributed by atoms with Gasteiger partial charge in [-0.2, -0.15) is 0 Å². The van der Waals surface area contributed by atoms with Crippen LogP contribution in [0.15, 0.2) is 48.5 Å². The van der Waals surface area contributed by atoms with Crippen molar-refractivity contribution in [3.8, 4) is 5.75 Å². The molecule has 1 aliphatic heterocycles. The van der Waals surface area contributed by atoms with Crippen LogP contribution in [-0.4, -0.2) is 31.3 Å². The lowest BCUT2D eigenvalue weighted by Gasteiger charge is -2.33. The van der Waals surface area contributed by atoms with Crippen molar-refractivity contribution < 1.29 is 10.0 Å². The van der Waals surface area contributed by atoms with Gasteiger partial charge in [0.25, 0.3) is 0 Å². The Hall–Kier alpha value is -2.00. The Kier molecular flexibility index (Phi) is 4.11. The molecular formula is C18H23N2O+. The number of quaternary nitrogens is 1. The summed E-state index contributed by atoms with van der Waals surface area (Å²) in [5, 5.41) is 9.97. The molecule has 0 saturated carbocycles. The van der Waals surface area contributed by atoms with Crippen LogP contribution < -0.4 is 9.80 Å².